The van der Waals surface area contributed by atoms with E-state index in [-0.39, 0.29) is 44.3 Å². The van der Waals surface area contributed by atoms with E-state index in [9.17, 15) is 24.5 Å². The van der Waals surface area contributed by atoms with E-state index in [1.807, 2.05) is 0 Å². The van der Waals surface area contributed by atoms with E-state index in [2.05, 4.69) is 5.32 Å². The SMILES string of the molecule is O=C(CCCOCCOCCOC(=O)NCCOCCOCCCCCCCl)OC/C=C\COC(=O)Oc1ccc([N+](=O)[O-])cc1. The number of nitro groups is 1. The quantitative estimate of drug-likeness (QED) is 0.0191. The molecule has 1 aromatic carbocycles. The molecule has 0 fully saturated rings. The van der Waals surface area contributed by atoms with Crippen LogP contribution in [0.25, 0.3) is 0 Å². The number of unbranched alkanes of at least 4 members (excludes halogenated alkanes) is 3. The summed E-state index contributed by atoms with van der Waals surface area (Å²) in [6, 6.07) is 4.96. The zero-order chi connectivity index (χ0) is 33.5. The summed E-state index contributed by atoms with van der Waals surface area (Å²) in [6.07, 6.45) is 6.39. The minimum Gasteiger partial charge on any atom is -0.461 e. The molecule has 0 bridgehead atoms. The second-order valence-corrected chi connectivity index (χ2v) is 9.67. The summed E-state index contributed by atoms with van der Waals surface area (Å²) >= 11 is 5.63. The number of nitrogens with zero attached hydrogens (tertiary/aromatic N) is 1. The second-order valence-electron chi connectivity index (χ2n) is 9.29. The first-order valence-electron chi connectivity index (χ1n) is 15.1. The Morgan fingerprint density at radius 1 is 0.717 bits per heavy atom. The lowest BCUT2D eigenvalue weighted by Crippen LogP contribution is -2.29. The summed E-state index contributed by atoms with van der Waals surface area (Å²) in [4.78, 5) is 45.0. The average molecular weight is 677 g/mol. The zero-order valence-corrected chi connectivity index (χ0v) is 26.8. The van der Waals surface area contributed by atoms with E-state index in [0.29, 0.717) is 65.1 Å². The van der Waals surface area contributed by atoms with Gasteiger partial charge < -0.3 is 43.2 Å². The minimum absolute atomic E-state index is 0.00817. The molecule has 0 saturated heterocycles. The lowest BCUT2D eigenvalue weighted by Gasteiger charge is -2.09. The number of esters is 1. The van der Waals surface area contributed by atoms with Crippen LogP contribution >= 0.6 is 11.6 Å². The van der Waals surface area contributed by atoms with Crippen molar-refractivity contribution in [2.45, 2.75) is 38.5 Å². The first-order valence-corrected chi connectivity index (χ1v) is 15.6. The lowest BCUT2D eigenvalue weighted by molar-refractivity contribution is -0.384. The van der Waals surface area contributed by atoms with Crippen LogP contribution in [0.5, 0.6) is 5.75 Å². The fraction of sp³-hybridized carbons (Fsp3) is 0.633. The largest absolute Gasteiger partial charge is 0.514 e. The molecule has 0 saturated carbocycles. The van der Waals surface area contributed by atoms with Crippen LogP contribution in [0.3, 0.4) is 0 Å². The molecule has 260 valence electrons. The maximum Gasteiger partial charge on any atom is 0.514 e. The molecule has 0 unspecified atom stereocenters. The predicted octanol–water partition coefficient (Wildman–Crippen LogP) is 4.58. The lowest BCUT2D eigenvalue weighted by atomic mass is 10.2. The molecule has 0 aliphatic rings. The molecule has 16 heteroatoms. The molecule has 0 radical (unpaired) electrons. The normalized spacial score (nSPS) is 10.9. The van der Waals surface area contributed by atoms with E-state index < -0.39 is 23.1 Å². The van der Waals surface area contributed by atoms with Crippen LogP contribution in [0, 0.1) is 10.1 Å². The highest BCUT2D eigenvalue weighted by Crippen LogP contribution is 2.17. The number of benzene rings is 1. The summed E-state index contributed by atoms with van der Waals surface area (Å²) in [7, 11) is 0. The number of rotatable bonds is 28. The zero-order valence-electron chi connectivity index (χ0n) is 26.0. The van der Waals surface area contributed by atoms with E-state index in [1.54, 1.807) is 0 Å². The van der Waals surface area contributed by atoms with Crippen LogP contribution in [-0.4, -0.2) is 108 Å². The standard InChI is InChI=1S/C30H45ClN2O13/c31-13-3-1-2-4-15-39-20-22-41-19-14-32-29(35)44-25-24-42-23-21-40-16-7-8-28(34)43-17-5-6-18-45-30(36)46-27-11-9-26(10-12-27)33(37)38/h5-6,9-12H,1-4,7-8,13-25H2,(H,32,35)/b6-5-. The summed E-state index contributed by atoms with van der Waals surface area (Å²) in [5, 5.41) is 13.2. The average Bonchev–Trinajstić information content (AvgIpc) is 3.04. The van der Waals surface area contributed by atoms with Gasteiger partial charge in [-0.25, -0.2) is 9.59 Å². The van der Waals surface area contributed by atoms with Crippen molar-refractivity contribution in [1.82, 2.24) is 5.32 Å². The van der Waals surface area contributed by atoms with E-state index in [0.717, 1.165) is 25.7 Å². The van der Waals surface area contributed by atoms with Gasteiger partial charge in [-0.2, -0.15) is 0 Å². The third-order valence-electron chi connectivity index (χ3n) is 5.62. The van der Waals surface area contributed by atoms with Gasteiger partial charge in [-0.05, 0) is 43.5 Å². The van der Waals surface area contributed by atoms with Gasteiger partial charge in [-0.3, -0.25) is 14.9 Å². The van der Waals surface area contributed by atoms with Crippen LogP contribution in [-0.2, 0) is 38.0 Å². The summed E-state index contributed by atoms with van der Waals surface area (Å²) < 4.78 is 41.3. The van der Waals surface area contributed by atoms with Gasteiger partial charge in [0.05, 0.1) is 44.6 Å². The Hall–Kier alpha value is -3.50. The molecular formula is C30H45ClN2O13. The van der Waals surface area contributed by atoms with Crippen molar-refractivity contribution in [1.29, 1.82) is 0 Å². The number of carbonyl (C=O) groups excluding carboxylic acids is 3. The van der Waals surface area contributed by atoms with Gasteiger partial charge in [-0.1, -0.05) is 12.8 Å². The molecule has 1 rings (SSSR count). The number of non-ortho nitro benzene ring substituents is 1. The van der Waals surface area contributed by atoms with Crippen LogP contribution in [0.15, 0.2) is 36.4 Å². The number of hydrogen-bond acceptors (Lipinski definition) is 13. The van der Waals surface area contributed by atoms with Gasteiger partial charge in [0.25, 0.3) is 5.69 Å². The molecule has 1 N–H and O–H groups in total. The van der Waals surface area contributed by atoms with Crippen molar-refractivity contribution < 1.29 is 57.2 Å². The fourth-order valence-electron chi connectivity index (χ4n) is 3.31. The smallest absolute Gasteiger partial charge is 0.461 e. The number of halogens is 1. The van der Waals surface area contributed by atoms with Crippen LogP contribution in [0.2, 0.25) is 0 Å². The minimum atomic E-state index is -0.979. The molecule has 0 aromatic heterocycles. The van der Waals surface area contributed by atoms with Gasteiger partial charge in [-0.15, -0.1) is 11.6 Å². The Morgan fingerprint density at radius 3 is 1.98 bits per heavy atom. The van der Waals surface area contributed by atoms with Crippen molar-refractivity contribution >= 4 is 35.5 Å². The van der Waals surface area contributed by atoms with Gasteiger partial charge in [0, 0.05) is 44.2 Å². The Morgan fingerprint density at radius 2 is 1.30 bits per heavy atom. The van der Waals surface area contributed by atoms with Gasteiger partial charge in [0.2, 0.25) is 0 Å². The van der Waals surface area contributed by atoms with Crippen molar-refractivity contribution in [2.75, 3.05) is 85.1 Å². The van der Waals surface area contributed by atoms with Gasteiger partial charge in [0.15, 0.2) is 0 Å². The van der Waals surface area contributed by atoms with Crippen molar-refractivity contribution in [3.05, 3.63) is 46.5 Å². The van der Waals surface area contributed by atoms with Crippen molar-refractivity contribution in [2.24, 2.45) is 0 Å². The van der Waals surface area contributed by atoms with Crippen molar-refractivity contribution in [3.63, 3.8) is 0 Å². The number of carbonyl (C=O) groups is 3. The summed E-state index contributed by atoms with van der Waals surface area (Å²) in [6.45, 7) is 3.60. The Labute approximate surface area is 273 Å². The molecule has 0 spiro atoms. The second kappa shape index (κ2) is 28.9. The van der Waals surface area contributed by atoms with Crippen LogP contribution in [0.4, 0.5) is 15.3 Å². The number of nitro benzene ring substituents is 1. The maximum absolute atomic E-state index is 11.8. The van der Waals surface area contributed by atoms with Crippen LogP contribution in [0.1, 0.15) is 38.5 Å². The molecule has 1 aromatic rings. The predicted molar refractivity (Wildman–Crippen MR) is 166 cm³/mol. The topological polar surface area (TPSA) is 180 Å². The number of hydrogen-bond donors (Lipinski definition) is 1. The molecule has 15 nitrogen and oxygen atoms in total. The van der Waals surface area contributed by atoms with E-state index in [1.165, 1.54) is 36.4 Å². The fourth-order valence-corrected chi connectivity index (χ4v) is 3.50. The highest BCUT2D eigenvalue weighted by molar-refractivity contribution is 6.17. The molecule has 0 heterocycles. The molecule has 0 aliphatic carbocycles. The monoisotopic (exact) mass is 676 g/mol. The van der Waals surface area contributed by atoms with Gasteiger partial charge >= 0.3 is 18.2 Å². The molecule has 0 aliphatic heterocycles. The maximum atomic E-state index is 11.8. The Balaban J connectivity index is 1.83. The number of nitrogens with one attached hydrogen (secondary N) is 1. The number of ether oxygens (including phenoxy) is 8. The Kier molecular flexibility index (Phi) is 25.5. The number of alkyl halides is 1. The summed E-state index contributed by atoms with van der Waals surface area (Å²) in [5.41, 5.74) is -0.130. The third kappa shape index (κ3) is 24.8. The molecule has 46 heavy (non-hydrogen) atoms. The van der Waals surface area contributed by atoms with E-state index in [4.69, 9.17) is 49.5 Å². The Bertz CT molecular complexity index is 996. The summed E-state index contributed by atoms with van der Waals surface area (Å²) in [5.74, 6) is 0.405. The van der Waals surface area contributed by atoms with Gasteiger partial charge in [0.1, 0.15) is 25.6 Å². The number of alkyl carbamates (subject to hydrolysis) is 1. The highest BCUT2D eigenvalue weighted by Gasteiger charge is 2.09. The highest BCUT2D eigenvalue weighted by atomic mass is 35.5. The first-order chi connectivity index (χ1) is 22.4. The first kappa shape index (κ1) is 40.5. The molecule has 0 atom stereocenters. The molecule has 1 amide bonds. The molecular weight excluding hydrogens is 632 g/mol. The van der Waals surface area contributed by atoms with E-state index >= 15 is 0 Å². The number of amides is 1. The van der Waals surface area contributed by atoms with Crippen LogP contribution < -0.4 is 10.1 Å². The third-order valence-corrected chi connectivity index (χ3v) is 5.88. The van der Waals surface area contributed by atoms with Crippen molar-refractivity contribution in [3.8, 4) is 5.75 Å².